The summed E-state index contributed by atoms with van der Waals surface area (Å²) in [6.07, 6.45) is 7.66. The highest BCUT2D eigenvalue weighted by atomic mass is 79.9. The number of piperazine rings is 1. The second kappa shape index (κ2) is 8.86. The lowest BCUT2D eigenvalue weighted by Gasteiger charge is -2.39. The maximum absolute atomic E-state index is 6.40. The smallest absolute Gasteiger partial charge is 0.158 e. The highest BCUT2D eigenvalue weighted by Gasteiger charge is 2.37. The fraction of sp³-hybridized carbons (Fsp3) is 0.762. The van der Waals surface area contributed by atoms with Crippen molar-refractivity contribution in [2.75, 3.05) is 49.1 Å². The van der Waals surface area contributed by atoms with Gasteiger partial charge >= 0.3 is 0 Å². The molecule has 0 spiro atoms. The zero-order chi connectivity index (χ0) is 19.6. The molecule has 1 aromatic heterocycles. The Morgan fingerprint density at radius 1 is 1.29 bits per heavy atom. The van der Waals surface area contributed by atoms with Gasteiger partial charge in [-0.15, -0.1) is 0 Å². The summed E-state index contributed by atoms with van der Waals surface area (Å²) in [5.41, 5.74) is 0.938. The normalized spacial score (nSPS) is 23.7. The number of rotatable bonds is 7. The van der Waals surface area contributed by atoms with E-state index in [2.05, 4.69) is 51.0 Å². The Kier molecular flexibility index (Phi) is 6.45. The van der Waals surface area contributed by atoms with E-state index >= 15 is 0 Å². The fourth-order valence-electron chi connectivity index (χ4n) is 4.16. The number of hydrogen-bond donors (Lipinski definition) is 1. The molecule has 0 amide bonds. The third-order valence-electron chi connectivity index (χ3n) is 5.67. The molecule has 1 unspecified atom stereocenters. The largest absolute Gasteiger partial charge is 0.363 e. The predicted molar refractivity (Wildman–Crippen MR) is 116 cm³/mol. The number of anilines is 2. The zero-order valence-electron chi connectivity index (χ0n) is 17.1. The van der Waals surface area contributed by atoms with Gasteiger partial charge in [-0.05, 0) is 67.9 Å². The topological polar surface area (TPSA) is 49.9 Å². The van der Waals surface area contributed by atoms with Crippen LogP contribution < -0.4 is 15.1 Å². The minimum atomic E-state index is -0.284. The maximum atomic E-state index is 6.40. The van der Waals surface area contributed by atoms with Crippen LogP contribution in [0.1, 0.15) is 46.0 Å². The summed E-state index contributed by atoms with van der Waals surface area (Å²) in [6, 6.07) is 2.81. The van der Waals surface area contributed by atoms with Gasteiger partial charge < -0.3 is 24.6 Å². The molecule has 6 nitrogen and oxygen atoms in total. The molecule has 156 valence electrons. The van der Waals surface area contributed by atoms with Crippen molar-refractivity contribution >= 4 is 27.4 Å². The second-order valence-electron chi connectivity index (χ2n) is 8.77. The van der Waals surface area contributed by atoms with Crippen molar-refractivity contribution in [1.29, 1.82) is 0 Å². The zero-order valence-corrected chi connectivity index (χ0v) is 18.7. The first-order chi connectivity index (χ1) is 13.5. The van der Waals surface area contributed by atoms with Gasteiger partial charge in [-0.2, -0.15) is 0 Å². The molecule has 1 aromatic rings. The van der Waals surface area contributed by atoms with E-state index in [4.69, 9.17) is 14.5 Å². The first kappa shape index (κ1) is 20.4. The molecule has 28 heavy (non-hydrogen) atoms. The third kappa shape index (κ3) is 5.17. The highest BCUT2D eigenvalue weighted by molar-refractivity contribution is 9.10. The Hall–Kier alpha value is -0.890. The van der Waals surface area contributed by atoms with Gasteiger partial charge in [0.1, 0.15) is 0 Å². The molecule has 2 aliphatic heterocycles. The van der Waals surface area contributed by atoms with Crippen LogP contribution in [0.15, 0.2) is 16.7 Å². The van der Waals surface area contributed by atoms with E-state index in [1.54, 1.807) is 0 Å². The van der Waals surface area contributed by atoms with Gasteiger partial charge in [-0.25, -0.2) is 4.98 Å². The van der Waals surface area contributed by atoms with Crippen LogP contribution in [-0.4, -0.2) is 62.2 Å². The van der Waals surface area contributed by atoms with Crippen LogP contribution in [0, 0.1) is 0 Å². The lowest BCUT2D eigenvalue weighted by atomic mass is 10.1. The van der Waals surface area contributed by atoms with Gasteiger partial charge in [0.25, 0.3) is 0 Å². The first-order valence-corrected chi connectivity index (χ1v) is 11.5. The summed E-state index contributed by atoms with van der Waals surface area (Å²) >= 11 is 3.65. The standard InChI is InChI=1S/C21H33BrN4O2/c1-21(2,28-19-5-3-4-12-27-19)15-26(17-6-7-17)18-13-16(22)14-24-20(18)25-10-8-23-9-11-25/h13-14,17,19,23H,3-12,15H2,1-2H3. The molecule has 0 aromatic carbocycles. The minimum absolute atomic E-state index is 0.0712. The lowest BCUT2D eigenvalue weighted by molar-refractivity contribution is -0.212. The van der Waals surface area contributed by atoms with Gasteiger partial charge in [0.2, 0.25) is 0 Å². The van der Waals surface area contributed by atoms with Crippen LogP contribution in [-0.2, 0) is 9.47 Å². The summed E-state index contributed by atoms with van der Waals surface area (Å²) in [6.45, 7) is 10.0. The molecule has 2 saturated heterocycles. The molecule has 3 aliphatic rings. The Labute approximate surface area is 177 Å². The molecule has 3 heterocycles. The van der Waals surface area contributed by atoms with E-state index in [0.717, 1.165) is 62.5 Å². The average molecular weight is 453 g/mol. The van der Waals surface area contributed by atoms with E-state index in [0.29, 0.717) is 6.04 Å². The summed E-state index contributed by atoms with van der Waals surface area (Å²) < 4.78 is 13.3. The van der Waals surface area contributed by atoms with E-state index < -0.39 is 0 Å². The average Bonchev–Trinajstić information content (AvgIpc) is 3.52. The van der Waals surface area contributed by atoms with Gasteiger partial charge in [-0.3, -0.25) is 0 Å². The maximum Gasteiger partial charge on any atom is 0.158 e. The highest BCUT2D eigenvalue weighted by Crippen LogP contribution is 2.39. The van der Waals surface area contributed by atoms with E-state index in [-0.39, 0.29) is 11.9 Å². The molecular weight excluding hydrogens is 420 g/mol. The number of aromatic nitrogens is 1. The minimum Gasteiger partial charge on any atom is -0.363 e. The molecule has 4 rings (SSSR count). The first-order valence-electron chi connectivity index (χ1n) is 10.7. The number of ether oxygens (including phenoxy) is 2. The van der Waals surface area contributed by atoms with Gasteiger partial charge in [0.05, 0.1) is 11.3 Å². The monoisotopic (exact) mass is 452 g/mol. The fourth-order valence-corrected chi connectivity index (χ4v) is 4.48. The second-order valence-corrected chi connectivity index (χ2v) is 9.68. The summed E-state index contributed by atoms with van der Waals surface area (Å²) in [7, 11) is 0. The Bertz CT molecular complexity index is 656. The molecule has 1 saturated carbocycles. The molecule has 0 bridgehead atoms. The summed E-state index contributed by atoms with van der Waals surface area (Å²) in [5, 5.41) is 3.44. The number of pyridine rings is 1. The van der Waals surface area contributed by atoms with E-state index in [1.165, 1.54) is 24.9 Å². The van der Waals surface area contributed by atoms with Crippen molar-refractivity contribution in [3.63, 3.8) is 0 Å². The van der Waals surface area contributed by atoms with E-state index in [1.807, 2.05) is 6.20 Å². The van der Waals surface area contributed by atoms with Gasteiger partial charge in [0, 0.05) is 56.0 Å². The van der Waals surface area contributed by atoms with E-state index in [9.17, 15) is 0 Å². The van der Waals surface area contributed by atoms with Crippen molar-refractivity contribution in [3.8, 4) is 0 Å². The van der Waals surface area contributed by atoms with Crippen LogP contribution in [0.2, 0.25) is 0 Å². The van der Waals surface area contributed by atoms with Crippen molar-refractivity contribution in [2.24, 2.45) is 0 Å². The number of nitrogens with zero attached hydrogens (tertiary/aromatic N) is 3. The Morgan fingerprint density at radius 2 is 2.07 bits per heavy atom. The SMILES string of the molecule is CC(C)(CN(c1cc(Br)cnc1N1CCNCC1)C1CC1)OC1CCCCO1. The molecule has 1 aliphatic carbocycles. The van der Waals surface area contributed by atoms with Crippen LogP contribution >= 0.6 is 15.9 Å². The van der Waals surface area contributed by atoms with Gasteiger partial charge in [-0.1, -0.05) is 0 Å². The molecule has 1 N–H and O–H groups in total. The molecule has 3 fully saturated rings. The van der Waals surface area contributed by atoms with Crippen molar-refractivity contribution in [2.45, 2.75) is 63.9 Å². The number of nitrogens with one attached hydrogen (secondary N) is 1. The Balaban J connectivity index is 1.55. The van der Waals surface area contributed by atoms with Crippen molar-refractivity contribution in [3.05, 3.63) is 16.7 Å². The molecule has 1 atom stereocenters. The van der Waals surface area contributed by atoms with Crippen LogP contribution in [0.4, 0.5) is 11.5 Å². The summed E-state index contributed by atoms with van der Waals surface area (Å²) in [4.78, 5) is 9.76. The third-order valence-corrected chi connectivity index (χ3v) is 6.10. The summed E-state index contributed by atoms with van der Waals surface area (Å²) in [5.74, 6) is 1.10. The molecule has 7 heteroatoms. The van der Waals surface area contributed by atoms with Gasteiger partial charge in [0.15, 0.2) is 12.1 Å². The quantitative estimate of drug-likeness (QED) is 0.682. The molecular formula is C21H33BrN4O2. The Morgan fingerprint density at radius 3 is 2.75 bits per heavy atom. The molecule has 0 radical (unpaired) electrons. The number of hydrogen-bond acceptors (Lipinski definition) is 6. The van der Waals surface area contributed by atoms with Crippen LogP contribution in [0.25, 0.3) is 0 Å². The predicted octanol–water partition coefficient (Wildman–Crippen LogP) is 3.54. The van der Waals surface area contributed by atoms with Crippen molar-refractivity contribution in [1.82, 2.24) is 10.3 Å². The number of halogens is 1. The van der Waals surface area contributed by atoms with Crippen LogP contribution in [0.3, 0.4) is 0 Å². The van der Waals surface area contributed by atoms with Crippen molar-refractivity contribution < 1.29 is 9.47 Å². The van der Waals surface area contributed by atoms with Crippen LogP contribution in [0.5, 0.6) is 0 Å². The lowest BCUT2D eigenvalue weighted by Crippen LogP contribution is -2.47.